The van der Waals surface area contributed by atoms with Crippen molar-refractivity contribution >= 4 is 5.91 Å². The molecule has 0 aromatic heterocycles. The summed E-state index contributed by atoms with van der Waals surface area (Å²) < 4.78 is 5.79. The van der Waals surface area contributed by atoms with Crippen LogP contribution in [-0.4, -0.2) is 31.1 Å². The van der Waals surface area contributed by atoms with Crippen molar-refractivity contribution in [2.24, 2.45) is 0 Å². The predicted molar refractivity (Wildman–Crippen MR) is 77.3 cm³/mol. The summed E-state index contributed by atoms with van der Waals surface area (Å²) >= 11 is 0. The molecule has 0 saturated carbocycles. The van der Waals surface area contributed by atoms with Crippen LogP contribution in [0.25, 0.3) is 0 Å². The molecule has 0 aliphatic carbocycles. The minimum absolute atomic E-state index is 0.00307. The van der Waals surface area contributed by atoms with Crippen LogP contribution in [0.15, 0.2) is 30.3 Å². The van der Waals surface area contributed by atoms with Gasteiger partial charge in [-0.05, 0) is 31.4 Å². The van der Waals surface area contributed by atoms with Gasteiger partial charge in [-0.1, -0.05) is 30.3 Å². The lowest BCUT2D eigenvalue weighted by Crippen LogP contribution is -2.39. The highest BCUT2D eigenvalue weighted by atomic mass is 16.5. The number of ether oxygens (including phenoxy) is 1. The SMILES string of the molecule is O=C(CC1CCCN1)NC1CCOC1c1ccccc1. The van der Waals surface area contributed by atoms with Gasteiger partial charge in [0.1, 0.15) is 6.10 Å². The first-order valence-corrected chi connectivity index (χ1v) is 7.52. The molecular weight excluding hydrogens is 252 g/mol. The minimum atomic E-state index is -0.00307. The van der Waals surface area contributed by atoms with Crippen molar-refractivity contribution < 1.29 is 9.53 Å². The number of carbonyl (C=O) groups excluding carboxylic acids is 1. The van der Waals surface area contributed by atoms with Gasteiger partial charge in [-0.25, -0.2) is 0 Å². The summed E-state index contributed by atoms with van der Waals surface area (Å²) in [6.45, 7) is 1.75. The molecular formula is C16H22N2O2. The number of nitrogens with one attached hydrogen (secondary N) is 2. The van der Waals surface area contributed by atoms with Crippen molar-refractivity contribution in [1.29, 1.82) is 0 Å². The minimum Gasteiger partial charge on any atom is -0.371 e. The van der Waals surface area contributed by atoms with Crippen LogP contribution in [-0.2, 0) is 9.53 Å². The van der Waals surface area contributed by atoms with E-state index >= 15 is 0 Å². The van der Waals surface area contributed by atoms with E-state index in [2.05, 4.69) is 22.8 Å². The third-order valence-electron chi connectivity index (χ3n) is 4.16. The molecule has 1 amide bonds. The number of benzene rings is 1. The highest BCUT2D eigenvalue weighted by Crippen LogP contribution is 2.29. The second-order valence-electron chi connectivity index (χ2n) is 5.66. The Kier molecular flexibility index (Phi) is 4.33. The molecule has 1 aromatic carbocycles. The van der Waals surface area contributed by atoms with Gasteiger partial charge in [0, 0.05) is 19.1 Å². The molecule has 1 aromatic rings. The van der Waals surface area contributed by atoms with Gasteiger partial charge in [0.05, 0.1) is 6.04 Å². The zero-order chi connectivity index (χ0) is 13.8. The summed E-state index contributed by atoms with van der Waals surface area (Å²) in [7, 11) is 0. The van der Waals surface area contributed by atoms with Crippen molar-refractivity contribution in [3.63, 3.8) is 0 Å². The fourth-order valence-electron chi connectivity index (χ4n) is 3.13. The maximum Gasteiger partial charge on any atom is 0.221 e. The summed E-state index contributed by atoms with van der Waals surface area (Å²) in [5.41, 5.74) is 1.15. The van der Waals surface area contributed by atoms with Gasteiger partial charge < -0.3 is 15.4 Å². The number of rotatable bonds is 4. The van der Waals surface area contributed by atoms with Gasteiger partial charge in [-0.15, -0.1) is 0 Å². The summed E-state index contributed by atoms with van der Waals surface area (Å²) in [5, 5.41) is 6.51. The molecule has 3 atom stereocenters. The molecule has 3 unspecified atom stereocenters. The second-order valence-corrected chi connectivity index (χ2v) is 5.66. The predicted octanol–water partition coefficient (Wildman–Crippen LogP) is 1.77. The summed E-state index contributed by atoms with van der Waals surface area (Å²) in [6, 6.07) is 10.6. The Morgan fingerprint density at radius 3 is 2.90 bits per heavy atom. The molecule has 2 N–H and O–H groups in total. The second kappa shape index (κ2) is 6.37. The molecule has 3 rings (SSSR count). The van der Waals surface area contributed by atoms with Crippen LogP contribution in [0.3, 0.4) is 0 Å². The van der Waals surface area contributed by atoms with E-state index in [0.29, 0.717) is 19.1 Å². The van der Waals surface area contributed by atoms with Crippen LogP contribution in [0.1, 0.15) is 37.4 Å². The lowest BCUT2D eigenvalue weighted by atomic mass is 10.0. The Morgan fingerprint density at radius 1 is 1.30 bits per heavy atom. The Bertz CT molecular complexity index is 443. The summed E-state index contributed by atoms with van der Waals surface area (Å²) in [6.07, 6.45) is 3.76. The molecule has 4 nitrogen and oxygen atoms in total. The highest BCUT2D eigenvalue weighted by molar-refractivity contribution is 5.77. The molecule has 2 fully saturated rings. The Morgan fingerprint density at radius 2 is 2.15 bits per heavy atom. The molecule has 20 heavy (non-hydrogen) atoms. The molecule has 0 radical (unpaired) electrons. The number of carbonyl (C=O) groups is 1. The molecule has 4 heteroatoms. The van der Waals surface area contributed by atoms with Crippen molar-refractivity contribution in [3.05, 3.63) is 35.9 Å². The van der Waals surface area contributed by atoms with Crippen molar-refractivity contribution in [1.82, 2.24) is 10.6 Å². The molecule has 2 saturated heterocycles. The fraction of sp³-hybridized carbons (Fsp3) is 0.562. The zero-order valence-corrected chi connectivity index (χ0v) is 11.7. The van der Waals surface area contributed by atoms with Gasteiger partial charge >= 0.3 is 0 Å². The maximum absolute atomic E-state index is 12.1. The quantitative estimate of drug-likeness (QED) is 0.880. The Labute approximate surface area is 119 Å². The first-order valence-electron chi connectivity index (χ1n) is 7.52. The van der Waals surface area contributed by atoms with Crippen LogP contribution < -0.4 is 10.6 Å². The van der Waals surface area contributed by atoms with Gasteiger partial charge in [0.25, 0.3) is 0 Å². The summed E-state index contributed by atoms with van der Waals surface area (Å²) in [5.74, 6) is 0.140. The fourth-order valence-corrected chi connectivity index (χ4v) is 3.13. The first-order chi connectivity index (χ1) is 9.83. The van der Waals surface area contributed by atoms with E-state index in [1.807, 2.05) is 18.2 Å². The molecule has 2 aliphatic rings. The molecule has 2 heterocycles. The summed E-state index contributed by atoms with van der Waals surface area (Å²) in [4.78, 5) is 12.1. The number of hydrogen-bond acceptors (Lipinski definition) is 3. The first kappa shape index (κ1) is 13.6. The number of amides is 1. The third-order valence-corrected chi connectivity index (χ3v) is 4.16. The van der Waals surface area contributed by atoms with Gasteiger partial charge in [-0.3, -0.25) is 4.79 Å². The Hall–Kier alpha value is -1.39. The van der Waals surface area contributed by atoms with Gasteiger partial charge in [-0.2, -0.15) is 0 Å². The van der Waals surface area contributed by atoms with Crippen molar-refractivity contribution in [2.75, 3.05) is 13.2 Å². The molecule has 108 valence electrons. The average molecular weight is 274 g/mol. The van der Waals surface area contributed by atoms with Crippen molar-refractivity contribution in [3.8, 4) is 0 Å². The van der Waals surface area contributed by atoms with Crippen LogP contribution in [0.5, 0.6) is 0 Å². The van der Waals surface area contributed by atoms with Crippen molar-refractivity contribution in [2.45, 2.75) is 43.9 Å². The van der Waals surface area contributed by atoms with E-state index in [0.717, 1.165) is 24.9 Å². The zero-order valence-electron chi connectivity index (χ0n) is 11.7. The van der Waals surface area contributed by atoms with Crippen LogP contribution in [0, 0.1) is 0 Å². The number of hydrogen-bond donors (Lipinski definition) is 2. The van der Waals surface area contributed by atoms with E-state index in [1.54, 1.807) is 0 Å². The van der Waals surface area contributed by atoms with E-state index in [4.69, 9.17) is 4.74 Å². The van der Waals surface area contributed by atoms with E-state index in [9.17, 15) is 4.79 Å². The smallest absolute Gasteiger partial charge is 0.221 e. The van der Waals surface area contributed by atoms with E-state index < -0.39 is 0 Å². The molecule has 0 bridgehead atoms. The normalized spacial score (nSPS) is 29.5. The average Bonchev–Trinajstić information content (AvgIpc) is 3.11. The lowest BCUT2D eigenvalue weighted by Gasteiger charge is -2.21. The Balaban J connectivity index is 1.57. The maximum atomic E-state index is 12.1. The van der Waals surface area contributed by atoms with Crippen LogP contribution >= 0.6 is 0 Å². The third kappa shape index (κ3) is 3.19. The topological polar surface area (TPSA) is 50.4 Å². The standard InChI is InChI=1S/C16H22N2O2/c19-15(11-13-7-4-9-17-13)18-14-8-10-20-16(14)12-5-2-1-3-6-12/h1-3,5-6,13-14,16-17H,4,7-11H2,(H,18,19). The highest BCUT2D eigenvalue weighted by Gasteiger charge is 2.31. The van der Waals surface area contributed by atoms with E-state index in [-0.39, 0.29) is 18.1 Å². The molecule has 0 spiro atoms. The molecule has 2 aliphatic heterocycles. The largest absolute Gasteiger partial charge is 0.371 e. The lowest BCUT2D eigenvalue weighted by molar-refractivity contribution is -0.122. The van der Waals surface area contributed by atoms with Crippen LogP contribution in [0.2, 0.25) is 0 Å². The van der Waals surface area contributed by atoms with E-state index in [1.165, 1.54) is 6.42 Å². The van der Waals surface area contributed by atoms with Gasteiger partial charge in [0.2, 0.25) is 5.91 Å². The monoisotopic (exact) mass is 274 g/mol. The van der Waals surface area contributed by atoms with Gasteiger partial charge in [0.15, 0.2) is 0 Å². The van der Waals surface area contributed by atoms with Crippen LogP contribution in [0.4, 0.5) is 0 Å².